The second kappa shape index (κ2) is 2.65. The van der Waals surface area contributed by atoms with Gasteiger partial charge >= 0.3 is 0 Å². The van der Waals surface area contributed by atoms with E-state index < -0.39 is 0 Å². The summed E-state index contributed by atoms with van der Waals surface area (Å²) in [5.41, 5.74) is 2.54. The molecule has 0 nitrogen and oxygen atoms in total. The predicted octanol–water partition coefficient (Wildman–Crippen LogP) is 3.58. The topological polar surface area (TPSA) is 0 Å². The van der Waals surface area contributed by atoms with Crippen molar-refractivity contribution in [2.45, 2.75) is 6.42 Å². The Bertz CT molecular complexity index is 328. The van der Waals surface area contributed by atoms with Crippen molar-refractivity contribution in [3.63, 3.8) is 0 Å². The van der Waals surface area contributed by atoms with E-state index in [1.165, 1.54) is 11.1 Å². The van der Waals surface area contributed by atoms with Gasteiger partial charge in [0.2, 0.25) is 0 Å². The summed E-state index contributed by atoms with van der Waals surface area (Å²) in [4.78, 5) is 0. The molecule has 0 saturated carbocycles. The van der Waals surface area contributed by atoms with Crippen molar-refractivity contribution < 1.29 is 0 Å². The van der Waals surface area contributed by atoms with E-state index in [1.54, 1.807) is 0 Å². The van der Waals surface area contributed by atoms with E-state index in [9.17, 15) is 0 Å². The van der Waals surface area contributed by atoms with Crippen LogP contribution in [0.25, 0.3) is 6.08 Å². The smallest absolute Gasteiger partial charge is 0.0231 e. The molecule has 1 aliphatic carbocycles. The highest BCUT2D eigenvalue weighted by Crippen LogP contribution is 2.32. The molecule has 11 heavy (non-hydrogen) atoms. The summed E-state index contributed by atoms with van der Waals surface area (Å²) in [5.74, 6) is 0. The SMILES string of the molecule is ClC1=Cc2cccc(Br)c2C1. The Hall–Kier alpha value is -0.270. The van der Waals surface area contributed by atoms with Crippen LogP contribution in [-0.2, 0) is 6.42 Å². The van der Waals surface area contributed by atoms with Crippen LogP contribution in [0.4, 0.5) is 0 Å². The molecule has 0 atom stereocenters. The lowest BCUT2D eigenvalue weighted by Gasteiger charge is -1.99. The first-order valence-electron chi connectivity index (χ1n) is 3.41. The van der Waals surface area contributed by atoms with E-state index in [-0.39, 0.29) is 0 Å². The molecule has 0 N–H and O–H groups in total. The largest absolute Gasteiger partial charge is 0.0888 e. The van der Waals surface area contributed by atoms with E-state index in [0.29, 0.717) is 0 Å². The van der Waals surface area contributed by atoms with Gasteiger partial charge in [0.25, 0.3) is 0 Å². The second-order valence-corrected chi connectivity index (χ2v) is 3.92. The van der Waals surface area contributed by atoms with E-state index in [4.69, 9.17) is 11.6 Å². The average Bonchev–Trinajstić information content (AvgIpc) is 2.31. The van der Waals surface area contributed by atoms with Gasteiger partial charge in [-0.15, -0.1) is 0 Å². The van der Waals surface area contributed by atoms with E-state index in [1.807, 2.05) is 18.2 Å². The number of hydrogen-bond acceptors (Lipinski definition) is 0. The Labute approximate surface area is 79.0 Å². The summed E-state index contributed by atoms with van der Waals surface area (Å²) in [6, 6.07) is 6.15. The number of halogens is 2. The minimum atomic E-state index is 0.873. The standard InChI is InChI=1S/C9H6BrCl/c10-9-3-1-2-6-4-7(11)5-8(6)9/h1-4H,5H2. The maximum Gasteiger partial charge on any atom is 0.0231 e. The van der Waals surface area contributed by atoms with Crippen molar-refractivity contribution >= 4 is 33.6 Å². The molecule has 0 heterocycles. The summed E-state index contributed by atoms with van der Waals surface area (Å²) in [6.07, 6.45) is 2.89. The van der Waals surface area contributed by atoms with Gasteiger partial charge in [0, 0.05) is 15.9 Å². The van der Waals surface area contributed by atoms with Crippen LogP contribution in [0.1, 0.15) is 11.1 Å². The van der Waals surface area contributed by atoms with E-state index >= 15 is 0 Å². The summed E-state index contributed by atoms with van der Waals surface area (Å²) < 4.78 is 1.15. The lowest BCUT2D eigenvalue weighted by atomic mass is 10.1. The van der Waals surface area contributed by atoms with Gasteiger partial charge in [0.1, 0.15) is 0 Å². The molecule has 0 aromatic heterocycles. The predicted molar refractivity (Wildman–Crippen MR) is 51.7 cm³/mol. The highest BCUT2D eigenvalue weighted by molar-refractivity contribution is 9.10. The Morgan fingerprint density at radius 3 is 2.91 bits per heavy atom. The Morgan fingerprint density at radius 2 is 2.18 bits per heavy atom. The first kappa shape index (κ1) is 7.38. The van der Waals surface area contributed by atoms with Gasteiger partial charge in [-0.3, -0.25) is 0 Å². The summed E-state index contributed by atoms with van der Waals surface area (Å²) >= 11 is 9.37. The quantitative estimate of drug-likeness (QED) is 0.638. The van der Waals surface area contributed by atoms with Crippen molar-refractivity contribution in [3.05, 3.63) is 38.8 Å². The van der Waals surface area contributed by atoms with Gasteiger partial charge in [-0.25, -0.2) is 0 Å². The molecule has 0 spiro atoms. The molecule has 2 heteroatoms. The molecule has 0 aliphatic heterocycles. The van der Waals surface area contributed by atoms with Gasteiger partial charge in [0.15, 0.2) is 0 Å². The molecule has 2 rings (SSSR count). The summed E-state index contributed by atoms with van der Waals surface area (Å²) in [7, 11) is 0. The number of hydrogen-bond donors (Lipinski definition) is 0. The minimum absolute atomic E-state index is 0.873. The summed E-state index contributed by atoms with van der Waals surface area (Å²) in [6.45, 7) is 0. The second-order valence-electron chi connectivity index (χ2n) is 2.58. The van der Waals surface area contributed by atoms with Gasteiger partial charge < -0.3 is 0 Å². The molecule has 0 amide bonds. The highest BCUT2D eigenvalue weighted by Gasteiger charge is 2.12. The maximum atomic E-state index is 5.89. The number of rotatable bonds is 0. The van der Waals surface area contributed by atoms with Crippen LogP contribution in [0.5, 0.6) is 0 Å². The molecule has 0 saturated heterocycles. The molecule has 56 valence electrons. The van der Waals surface area contributed by atoms with Gasteiger partial charge in [-0.2, -0.15) is 0 Å². The van der Waals surface area contributed by atoms with Crippen molar-refractivity contribution in [1.29, 1.82) is 0 Å². The zero-order valence-electron chi connectivity index (χ0n) is 5.77. The normalized spacial score (nSPS) is 14.5. The van der Waals surface area contributed by atoms with Crippen LogP contribution in [0.2, 0.25) is 0 Å². The first-order valence-corrected chi connectivity index (χ1v) is 4.58. The summed E-state index contributed by atoms with van der Waals surface area (Å²) in [5, 5.41) is 0.923. The van der Waals surface area contributed by atoms with Gasteiger partial charge in [-0.05, 0) is 23.3 Å². The van der Waals surface area contributed by atoms with E-state index in [0.717, 1.165) is 15.9 Å². The third-order valence-electron chi connectivity index (χ3n) is 1.81. The molecular formula is C9H6BrCl. The molecule has 1 aliphatic rings. The number of benzene rings is 1. The zero-order chi connectivity index (χ0) is 7.84. The molecule has 0 unspecified atom stereocenters. The Balaban J connectivity index is 2.59. The van der Waals surface area contributed by atoms with Crippen LogP contribution < -0.4 is 0 Å². The zero-order valence-corrected chi connectivity index (χ0v) is 8.11. The molecule has 1 aromatic rings. The van der Waals surface area contributed by atoms with Crippen LogP contribution in [0, 0.1) is 0 Å². The van der Waals surface area contributed by atoms with Crippen LogP contribution in [0.3, 0.4) is 0 Å². The van der Waals surface area contributed by atoms with Crippen LogP contribution >= 0.6 is 27.5 Å². The lowest BCUT2D eigenvalue weighted by Crippen LogP contribution is -1.82. The van der Waals surface area contributed by atoms with Crippen molar-refractivity contribution in [2.75, 3.05) is 0 Å². The molecule has 0 fully saturated rings. The molecule has 0 radical (unpaired) electrons. The number of fused-ring (bicyclic) bond motifs is 1. The van der Waals surface area contributed by atoms with Gasteiger partial charge in [-0.1, -0.05) is 39.7 Å². The lowest BCUT2D eigenvalue weighted by molar-refractivity contribution is 1.27. The van der Waals surface area contributed by atoms with Crippen LogP contribution in [-0.4, -0.2) is 0 Å². The van der Waals surface area contributed by atoms with Crippen LogP contribution in [0.15, 0.2) is 27.7 Å². The van der Waals surface area contributed by atoms with Gasteiger partial charge in [0.05, 0.1) is 0 Å². The first-order chi connectivity index (χ1) is 5.27. The monoisotopic (exact) mass is 228 g/mol. The molecule has 1 aromatic carbocycles. The maximum absolute atomic E-state index is 5.89. The highest BCUT2D eigenvalue weighted by atomic mass is 79.9. The fourth-order valence-corrected chi connectivity index (χ4v) is 2.06. The van der Waals surface area contributed by atoms with Crippen molar-refractivity contribution in [3.8, 4) is 0 Å². The Kier molecular flexibility index (Phi) is 1.78. The fourth-order valence-electron chi connectivity index (χ4n) is 1.29. The Morgan fingerprint density at radius 1 is 1.36 bits per heavy atom. The minimum Gasteiger partial charge on any atom is -0.0888 e. The average molecular weight is 230 g/mol. The van der Waals surface area contributed by atoms with Crippen molar-refractivity contribution in [1.82, 2.24) is 0 Å². The third kappa shape index (κ3) is 1.23. The van der Waals surface area contributed by atoms with Crippen molar-refractivity contribution in [2.24, 2.45) is 0 Å². The fraction of sp³-hybridized carbons (Fsp3) is 0.111. The third-order valence-corrected chi connectivity index (χ3v) is 2.80. The molecular weight excluding hydrogens is 223 g/mol. The van der Waals surface area contributed by atoms with E-state index in [2.05, 4.69) is 22.0 Å². The number of allylic oxidation sites excluding steroid dienone is 1. The molecule has 0 bridgehead atoms.